The van der Waals surface area contributed by atoms with Crippen molar-refractivity contribution in [1.82, 2.24) is 10.2 Å². The van der Waals surface area contributed by atoms with Crippen molar-refractivity contribution in [1.29, 1.82) is 0 Å². The van der Waals surface area contributed by atoms with Crippen LogP contribution in [0.15, 0.2) is 42.5 Å². The molecule has 0 spiro atoms. The topological polar surface area (TPSA) is 49.4 Å². The number of carbonyl (C=O) groups excluding carboxylic acids is 2. The molecule has 1 N–H and O–H groups in total. The summed E-state index contributed by atoms with van der Waals surface area (Å²) in [6.45, 7) is 5.63. The van der Waals surface area contributed by atoms with Crippen LogP contribution < -0.4 is 5.32 Å². The SMILES string of the molecule is Cc1cc(C)cc(C(=O)N2CCCC(C(=O)NCc3ccc(Cl)cc3)C2)c1. The minimum atomic E-state index is -0.166. The molecule has 0 saturated carbocycles. The molecular weight excluding hydrogens is 360 g/mol. The fourth-order valence-corrected chi connectivity index (χ4v) is 3.72. The molecule has 142 valence electrons. The molecule has 4 nitrogen and oxygen atoms in total. The van der Waals surface area contributed by atoms with E-state index < -0.39 is 0 Å². The average molecular weight is 385 g/mol. The second-order valence-corrected chi connectivity index (χ2v) is 7.75. The third-order valence-corrected chi connectivity index (χ3v) is 5.18. The normalized spacial score (nSPS) is 16.9. The van der Waals surface area contributed by atoms with Gasteiger partial charge in [-0.15, -0.1) is 0 Å². The maximum atomic E-state index is 12.9. The van der Waals surface area contributed by atoms with Gasteiger partial charge in [0.1, 0.15) is 0 Å². The van der Waals surface area contributed by atoms with Gasteiger partial charge in [-0.2, -0.15) is 0 Å². The lowest BCUT2D eigenvalue weighted by Gasteiger charge is -2.32. The Hall–Kier alpha value is -2.33. The van der Waals surface area contributed by atoms with Gasteiger partial charge in [-0.3, -0.25) is 9.59 Å². The van der Waals surface area contributed by atoms with Crippen molar-refractivity contribution in [3.8, 4) is 0 Å². The Morgan fingerprint density at radius 3 is 2.44 bits per heavy atom. The zero-order valence-electron chi connectivity index (χ0n) is 15.8. The van der Waals surface area contributed by atoms with Gasteiger partial charge in [-0.1, -0.05) is 40.9 Å². The molecule has 1 saturated heterocycles. The molecule has 2 aromatic rings. The lowest BCUT2D eigenvalue weighted by atomic mass is 9.96. The molecule has 5 heteroatoms. The number of halogens is 1. The van der Waals surface area contributed by atoms with E-state index in [-0.39, 0.29) is 17.7 Å². The first-order valence-corrected chi connectivity index (χ1v) is 9.70. The van der Waals surface area contributed by atoms with Crippen LogP contribution in [0.5, 0.6) is 0 Å². The fourth-order valence-electron chi connectivity index (χ4n) is 3.59. The lowest BCUT2D eigenvalue weighted by molar-refractivity contribution is -0.126. The highest BCUT2D eigenvalue weighted by atomic mass is 35.5. The van der Waals surface area contributed by atoms with Crippen LogP contribution in [0.3, 0.4) is 0 Å². The zero-order valence-corrected chi connectivity index (χ0v) is 16.6. The summed E-state index contributed by atoms with van der Waals surface area (Å²) in [4.78, 5) is 27.3. The number of carbonyl (C=O) groups is 2. The summed E-state index contributed by atoms with van der Waals surface area (Å²) in [5, 5.41) is 3.66. The summed E-state index contributed by atoms with van der Waals surface area (Å²) in [5.74, 6) is -0.152. The van der Waals surface area contributed by atoms with Crippen molar-refractivity contribution in [3.05, 3.63) is 69.7 Å². The molecule has 0 aromatic heterocycles. The molecule has 1 aliphatic heterocycles. The number of likely N-dealkylation sites (tertiary alicyclic amines) is 1. The maximum absolute atomic E-state index is 12.9. The predicted molar refractivity (Wildman–Crippen MR) is 108 cm³/mol. The van der Waals surface area contributed by atoms with Crippen LogP contribution in [0.1, 0.15) is 39.9 Å². The Labute approximate surface area is 165 Å². The summed E-state index contributed by atoms with van der Waals surface area (Å²) in [6, 6.07) is 13.3. The number of hydrogen-bond donors (Lipinski definition) is 1. The van der Waals surface area contributed by atoms with Gasteiger partial charge in [0.2, 0.25) is 5.91 Å². The highest BCUT2D eigenvalue weighted by molar-refractivity contribution is 6.30. The van der Waals surface area contributed by atoms with Crippen molar-refractivity contribution in [2.45, 2.75) is 33.2 Å². The molecule has 3 rings (SSSR count). The number of hydrogen-bond acceptors (Lipinski definition) is 2. The third-order valence-electron chi connectivity index (χ3n) is 4.93. The van der Waals surface area contributed by atoms with E-state index in [9.17, 15) is 9.59 Å². The van der Waals surface area contributed by atoms with E-state index in [1.807, 2.05) is 55.1 Å². The molecule has 1 heterocycles. The summed E-state index contributed by atoms with van der Waals surface area (Å²) < 4.78 is 0. The third kappa shape index (κ3) is 5.10. The molecule has 1 atom stereocenters. The first-order valence-electron chi connectivity index (χ1n) is 9.32. The van der Waals surface area contributed by atoms with E-state index in [2.05, 4.69) is 11.4 Å². The number of nitrogens with zero attached hydrogens (tertiary/aromatic N) is 1. The number of benzene rings is 2. The minimum absolute atomic E-state index is 0.00266. The Bertz CT molecular complexity index is 812. The standard InChI is InChI=1S/C22H25ClN2O2/c1-15-10-16(2)12-19(11-15)22(27)25-9-3-4-18(14-25)21(26)24-13-17-5-7-20(23)8-6-17/h5-8,10-12,18H,3-4,9,13-14H2,1-2H3,(H,24,26). The highest BCUT2D eigenvalue weighted by Crippen LogP contribution is 2.20. The van der Waals surface area contributed by atoms with Gasteiger partial charge >= 0.3 is 0 Å². The van der Waals surface area contributed by atoms with Gasteiger partial charge < -0.3 is 10.2 Å². The Morgan fingerprint density at radius 2 is 1.78 bits per heavy atom. The minimum Gasteiger partial charge on any atom is -0.352 e. The molecule has 2 aromatic carbocycles. The molecule has 0 aliphatic carbocycles. The number of aryl methyl sites for hydroxylation is 2. The Kier molecular flexibility index (Phi) is 6.17. The molecule has 0 radical (unpaired) electrons. The molecular formula is C22H25ClN2O2. The molecule has 1 aliphatic rings. The van der Waals surface area contributed by atoms with Crippen LogP contribution in [-0.4, -0.2) is 29.8 Å². The average Bonchev–Trinajstić information content (AvgIpc) is 2.66. The van der Waals surface area contributed by atoms with E-state index in [1.54, 1.807) is 0 Å². The van der Waals surface area contributed by atoms with Gasteiger partial charge in [-0.05, 0) is 56.5 Å². The first-order chi connectivity index (χ1) is 12.9. The summed E-state index contributed by atoms with van der Waals surface area (Å²) in [6.07, 6.45) is 1.65. The van der Waals surface area contributed by atoms with Crippen LogP contribution >= 0.6 is 11.6 Å². The fraction of sp³-hybridized carbons (Fsp3) is 0.364. The van der Waals surface area contributed by atoms with Crippen LogP contribution in [0.4, 0.5) is 0 Å². The number of nitrogens with one attached hydrogen (secondary N) is 1. The highest BCUT2D eigenvalue weighted by Gasteiger charge is 2.28. The lowest BCUT2D eigenvalue weighted by Crippen LogP contribution is -2.45. The summed E-state index contributed by atoms with van der Waals surface area (Å²) in [7, 11) is 0. The van der Waals surface area contributed by atoms with Crippen LogP contribution in [0, 0.1) is 19.8 Å². The smallest absolute Gasteiger partial charge is 0.253 e. The Balaban J connectivity index is 1.60. The largest absolute Gasteiger partial charge is 0.352 e. The van der Waals surface area contributed by atoms with E-state index in [4.69, 9.17) is 11.6 Å². The quantitative estimate of drug-likeness (QED) is 0.861. The van der Waals surface area contributed by atoms with Crippen molar-refractivity contribution < 1.29 is 9.59 Å². The Morgan fingerprint density at radius 1 is 1.11 bits per heavy atom. The van der Waals surface area contributed by atoms with Gasteiger partial charge in [0, 0.05) is 30.2 Å². The van der Waals surface area contributed by atoms with E-state index in [0.29, 0.717) is 30.2 Å². The van der Waals surface area contributed by atoms with Gasteiger partial charge in [0.05, 0.1) is 5.92 Å². The van der Waals surface area contributed by atoms with E-state index in [1.165, 1.54) is 0 Å². The number of piperidine rings is 1. The van der Waals surface area contributed by atoms with Gasteiger partial charge in [0.15, 0.2) is 0 Å². The van der Waals surface area contributed by atoms with Crippen LogP contribution in [0.25, 0.3) is 0 Å². The second kappa shape index (κ2) is 8.57. The second-order valence-electron chi connectivity index (χ2n) is 7.31. The van der Waals surface area contributed by atoms with Gasteiger partial charge in [-0.25, -0.2) is 0 Å². The molecule has 1 unspecified atom stereocenters. The van der Waals surface area contributed by atoms with Crippen molar-refractivity contribution >= 4 is 23.4 Å². The predicted octanol–water partition coefficient (Wildman–Crippen LogP) is 4.13. The summed E-state index contributed by atoms with van der Waals surface area (Å²) in [5.41, 5.74) is 3.86. The van der Waals surface area contributed by atoms with Crippen LogP contribution in [-0.2, 0) is 11.3 Å². The first kappa shape index (κ1) is 19.4. The maximum Gasteiger partial charge on any atom is 0.253 e. The molecule has 0 bridgehead atoms. The van der Waals surface area contributed by atoms with Crippen molar-refractivity contribution in [2.75, 3.05) is 13.1 Å². The monoisotopic (exact) mass is 384 g/mol. The number of amides is 2. The molecule has 1 fully saturated rings. The zero-order chi connectivity index (χ0) is 19.4. The van der Waals surface area contributed by atoms with Crippen LogP contribution in [0.2, 0.25) is 5.02 Å². The summed E-state index contributed by atoms with van der Waals surface area (Å²) >= 11 is 5.89. The van der Waals surface area contributed by atoms with E-state index in [0.717, 1.165) is 29.5 Å². The molecule has 2 amide bonds. The molecule has 27 heavy (non-hydrogen) atoms. The van der Waals surface area contributed by atoms with Crippen molar-refractivity contribution in [2.24, 2.45) is 5.92 Å². The number of rotatable bonds is 4. The van der Waals surface area contributed by atoms with E-state index >= 15 is 0 Å². The van der Waals surface area contributed by atoms with Crippen molar-refractivity contribution in [3.63, 3.8) is 0 Å². The van der Waals surface area contributed by atoms with Gasteiger partial charge in [0.25, 0.3) is 5.91 Å².